The topological polar surface area (TPSA) is 335 Å². The van der Waals surface area contributed by atoms with E-state index in [1.807, 2.05) is 0 Å². The molecule has 2 aliphatic rings. The number of aliphatic hydroxyl groups is 1. The second-order valence-electron chi connectivity index (χ2n) is 15.5. The number of rotatable bonds is 46. The Hall–Kier alpha value is -5.45. The van der Waals surface area contributed by atoms with Gasteiger partial charge in [-0.25, -0.2) is 0 Å². The summed E-state index contributed by atoms with van der Waals surface area (Å²) in [6, 6.07) is -0.859. The summed E-state index contributed by atoms with van der Waals surface area (Å²) in [4.78, 5) is 110. The Kier molecular flexibility index (Phi) is 34.9. The molecular formula is C45H73N7O19. The number of nitrogens with one attached hydrogen (secondary N) is 5. The number of amides is 8. The van der Waals surface area contributed by atoms with Gasteiger partial charge < -0.3 is 79.6 Å². The maximum atomic E-state index is 13.1. The van der Waals surface area contributed by atoms with Gasteiger partial charge >= 0.3 is 5.97 Å². The van der Waals surface area contributed by atoms with Gasteiger partial charge in [-0.15, -0.1) is 0 Å². The molecule has 402 valence electrons. The van der Waals surface area contributed by atoms with E-state index in [0.29, 0.717) is 52.2 Å². The molecule has 2 rings (SSSR count). The van der Waals surface area contributed by atoms with Gasteiger partial charge in [0.25, 0.3) is 11.8 Å². The highest BCUT2D eigenvalue weighted by Crippen LogP contribution is 2.09. The number of carboxylic acid groups (broad SMARTS) is 1. The molecule has 2 atom stereocenters. The van der Waals surface area contributed by atoms with Crippen LogP contribution in [0.3, 0.4) is 0 Å². The molecule has 71 heavy (non-hydrogen) atoms. The first-order chi connectivity index (χ1) is 34.4. The Morgan fingerprint density at radius 1 is 0.479 bits per heavy atom. The van der Waals surface area contributed by atoms with Crippen molar-refractivity contribution in [3.63, 3.8) is 0 Å². The summed E-state index contributed by atoms with van der Waals surface area (Å²) in [5, 5.41) is 31.9. The van der Waals surface area contributed by atoms with Crippen molar-refractivity contribution < 1.29 is 91.3 Å². The normalized spacial score (nSPS) is 14.5. The summed E-state index contributed by atoms with van der Waals surface area (Å²) >= 11 is 0. The standard InChI is InChI=1S/C45H73N7O19/c53-36(8-17-51-40(57)4-5-41(51)58)47-14-22-67-28-25-64-19-10-38(55)46-13-2-1-3-35(45(63)49-16-24-69-30-32-71-34-33-70-31-27-66-21-12-44(61)62)50-39(56)11-20-65-26-29-68-23-15-48-37(54)9-18-52-42(59)6-7-43(52)60/h4-7,35,40,57H,1-3,8-34H2,(H,46,55)(H,47,53)(H,48,54)(H,49,63)(H,50,56)(H,61,62)/t35-,40?/m0/s1. The molecule has 0 radical (unpaired) electrons. The molecule has 0 saturated carbocycles. The minimum absolute atomic E-state index is 0.0137. The fourth-order valence-electron chi connectivity index (χ4n) is 6.12. The van der Waals surface area contributed by atoms with Crippen LogP contribution in [0.5, 0.6) is 0 Å². The first-order valence-electron chi connectivity index (χ1n) is 23.8. The van der Waals surface area contributed by atoms with E-state index in [4.69, 9.17) is 43.0 Å². The molecule has 26 nitrogen and oxygen atoms in total. The van der Waals surface area contributed by atoms with Crippen LogP contribution in [-0.2, 0) is 81.0 Å². The smallest absolute Gasteiger partial charge is 0.305 e. The largest absolute Gasteiger partial charge is 0.481 e. The van der Waals surface area contributed by atoms with Crippen molar-refractivity contribution in [3.05, 3.63) is 24.3 Å². The van der Waals surface area contributed by atoms with Gasteiger partial charge in [0.2, 0.25) is 35.4 Å². The summed E-state index contributed by atoms with van der Waals surface area (Å²) < 4.78 is 43.2. The first kappa shape index (κ1) is 61.7. The quantitative estimate of drug-likeness (QED) is 0.0235. The molecule has 2 heterocycles. The highest BCUT2D eigenvalue weighted by atomic mass is 16.6. The summed E-state index contributed by atoms with van der Waals surface area (Å²) in [5.74, 6) is -3.82. The third-order valence-electron chi connectivity index (χ3n) is 9.90. The van der Waals surface area contributed by atoms with Crippen molar-refractivity contribution in [1.29, 1.82) is 0 Å². The van der Waals surface area contributed by atoms with Crippen molar-refractivity contribution in [2.24, 2.45) is 0 Å². The monoisotopic (exact) mass is 1020 g/mol. The van der Waals surface area contributed by atoms with Crippen molar-refractivity contribution >= 4 is 53.2 Å². The van der Waals surface area contributed by atoms with Crippen LogP contribution in [0.25, 0.3) is 0 Å². The lowest BCUT2D eigenvalue weighted by atomic mass is 10.1. The van der Waals surface area contributed by atoms with E-state index in [1.54, 1.807) is 0 Å². The number of aliphatic carboxylic acids is 1. The van der Waals surface area contributed by atoms with Crippen molar-refractivity contribution in [1.82, 2.24) is 36.4 Å². The van der Waals surface area contributed by atoms with Crippen molar-refractivity contribution in [2.75, 3.05) is 145 Å². The molecule has 0 aromatic rings. The lowest BCUT2D eigenvalue weighted by Gasteiger charge is -2.19. The molecule has 0 fully saturated rings. The van der Waals surface area contributed by atoms with E-state index >= 15 is 0 Å². The maximum absolute atomic E-state index is 13.1. The molecule has 0 saturated heterocycles. The van der Waals surface area contributed by atoms with Crippen LogP contribution in [0.15, 0.2) is 24.3 Å². The molecular weight excluding hydrogens is 943 g/mol. The maximum Gasteiger partial charge on any atom is 0.305 e. The van der Waals surface area contributed by atoms with Gasteiger partial charge in [0, 0.05) is 83.2 Å². The van der Waals surface area contributed by atoms with Crippen LogP contribution >= 0.6 is 0 Å². The number of carboxylic acids is 1. The van der Waals surface area contributed by atoms with Gasteiger partial charge in [-0.1, -0.05) is 0 Å². The molecule has 7 N–H and O–H groups in total. The van der Waals surface area contributed by atoms with Crippen molar-refractivity contribution in [2.45, 2.75) is 63.6 Å². The molecule has 0 aromatic heterocycles. The summed E-state index contributed by atoms with van der Waals surface area (Å²) in [5.41, 5.74) is 0. The zero-order chi connectivity index (χ0) is 51.7. The average molecular weight is 1020 g/mol. The molecule has 26 heteroatoms. The lowest BCUT2D eigenvalue weighted by Crippen LogP contribution is -2.47. The van der Waals surface area contributed by atoms with Crippen LogP contribution in [0, 0.1) is 0 Å². The molecule has 0 aromatic carbocycles. The highest BCUT2D eigenvalue weighted by molar-refractivity contribution is 6.13. The number of imide groups is 1. The number of nitrogens with zero attached hydrogens (tertiary/aromatic N) is 2. The Bertz CT molecular complexity index is 1670. The van der Waals surface area contributed by atoms with Gasteiger partial charge in [0.1, 0.15) is 12.3 Å². The summed E-state index contributed by atoms with van der Waals surface area (Å²) in [6.45, 7) is 4.76. The Labute approximate surface area is 413 Å². The third-order valence-corrected chi connectivity index (χ3v) is 9.90. The average Bonchev–Trinajstić information content (AvgIpc) is 3.85. The zero-order valence-corrected chi connectivity index (χ0v) is 40.4. The molecule has 8 amide bonds. The number of ether oxygens (including phenoxy) is 8. The highest BCUT2D eigenvalue weighted by Gasteiger charge is 2.25. The Balaban J connectivity index is 1.57. The number of unbranched alkanes of at least 4 members (excludes halogenated alkanes) is 1. The van der Waals surface area contributed by atoms with Crippen LogP contribution in [0.2, 0.25) is 0 Å². The van der Waals surface area contributed by atoms with Crippen LogP contribution in [-0.4, -0.2) is 230 Å². The lowest BCUT2D eigenvalue weighted by molar-refractivity contribution is -0.139. The summed E-state index contributed by atoms with van der Waals surface area (Å²) in [7, 11) is 0. The van der Waals surface area contributed by atoms with Gasteiger partial charge in [0.15, 0.2) is 0 Å². The van der Waals surface area contributed by atoms with E-state index in [-0.39, 0.29) is 168 Å². The van der Waals surface area contributed by atoms with Gasteiger partial charge in [-0.3, -0.25) is 48.1 Å². The van der Waals surface area contributed by atoms with Crippen LogP contribution in [0.4, 0.5) is 0 Å². The van der Waals surface area contributed by atoms with E-state index in [2.05, 4.69) is 26.6 Å². The van der Waals surface area contributed by atoms with E-state index < -0.39 is 41.9 Å². The first-order valence-corrected chi connectivity index (χ1v) is 23.8. The number of carbonyl (C=O) groups is 9. The summed E-state index contributed by atoms with van der Waals surface area (Å²) in [6.07, 6.45) is 5.29. The molecule has 1 unspecified atom stereocenters. The predicted molar refractivity (Wildman–Crippen MR) is 248 cm³/mol. The fourth-order valence-corrected chi connectivity index (χ4v) is 6.12. The fraction of sp³-hybridized carbons (Fsp3) is 0.711. The zero-order valence-electron chi connectivity index (χ0n) is 40.4. The number of aliphatic hydroxyl groups excluding tert-OH is 1. The van der Waals surface area contributed by atoms with Gasteiger partial charge in [0.05, 0.1) is 112 Å². The number of hydrogen-bond donors (Lipinski definition) is 7. The molecule has 0 bridgehead atoms. The van der Waals surface area contributed by atoms with E-state index in [1.165, 1.54) is 17.1 Å². The molecule has 2 aliphatic heterocycles. The third kappa shape index (κ3) is 32.2. The Morgan fingerprint density at radius 2 is 0.901 bits per heavy atom. The van der Waals surface area contributed by atoms with Crippen molar-refractivity contribution in [3.8, 4) is 0 Å². The second kappa shape index (κ2) is 40.2. The number of carbonyl (C=O) groups excluding carboxylic acids is 8. The number of hydrogen-bond acceptors (Lipinski definition) is 18. The van der Waals surface area contributed by atoms with E-state index in [9.17, 15) is 48.3 Å². The minimum Gasteiger partial charge on any atom is -0.481 e. The SMILES string of the molecule is O=C(O)CCOCCOCCOCCOCCNC(=O)[C@H](CCCCNC(=O)CCOCCOCCNC(=O)CCN1C(=O)C=CC1O)NC(=O)CCOCCOCCNC(=O)CCN1C(=O)C=CC1=O. The second-order valence-corrected chi connectivity index (χ2v) is 15.5. The van der Waals surface area contributed by atoms with Crippen LogP contribution < -0.4 is 26.6 Å². The molecule has 0 spiro atoms. The minimum atomic E-state index is -1.02. The van der Waals surface area contributed by atoms with Gasteiger partial charge in [-0.05, 0) is 25.3 Å². The van der Waals surface area contributed by atoms with E-state index in [0.717, 1.165) is 17.1 Å². The Morgan fingerprint density at radius 3 is 1.39 bits per heavy atom. The van der Waals surface area contributed by atoms with Crippen LogP contribution in [0.1, 0.15) is 51.4 Å². The predicted octanol–water partition coefficient (Wildman–Crippen LogP) is -3.08. The van der Waals surface area contributed by atoms with Gasteiger partial charge in [-0.2, -0.15) is 0 Å². The molecule has 0 aliphatic carbocycles.